The van der Waals surface area contributed by atoms with E-state index in [1.165, 1.54) is 65.3 Å². The van der Waals surface area contributed by atoms with E-state index in [-0.39, 0.29) is 5.41 Å². The van der Waals surface area contributed by atoms with Crippen molar-refractivity contribution in [3.8, 4) is 11.1 Å². The summed E-state index contributed by atoms with van der Waals surface area (Å²) in [6, 6.07) is 75.4. The Hall–Kier alpha value is -8.34. The molecule has 0 saturated heterocycles. The van der Waals surface area contributed by atoms with Gasteiger partial charge in [-0.05, 0) is 150 Å². The van der Waals surface area contributed by atoms with E-state index in [1.807, 2.05) is 24.5 Å². The molecule has 1 aliphatic carbocycles. The molecule has 12 aromatic rings. The molecule has 0 aliphatic heterocycles. The minimum atomic E-state index is -0.231. The molecule has 4 heteroatoms. The van der Waals surface area contributed by atoms with Gasteiger partial charge < -0.3 is 0 Å². The lowest BCUT2D eigenvalue weighted by atomic mass is 9.81. The predicted molar refractivity (Wildman–Crippen MR) is 274 cm³/mol. The third kappa shape index (κ3) is 5.84. The van der Waals surface area contributed by atoms with E-state index in [0.29, 0.717) is 0 Å². The molecule has 1 aliphatic rings. The molecule has 0 fully saturated rings. The number of anilines is 6. The number of hydrogen-bond donors (Lipinski definition) is 0. The second-order valence-electron chi connectivity index (χ2n) is 17.9. The minimum absolute atomic E-state index is 0.231. The van der Waals surface area contributed by atoms with Crippen molar-refractivity contribution in [2.45, 2.75) is 19.3 Å². The van der Waals surface area contributed by atoms with E-state index >= 15 is 0 Å². The van der Waals surface area contributed by atoms with Gasteiger partial charge in [-0.1, -0.05) is 135 Å². The summed E-state index contributed by atoms with van der Waals surface area (Å²) in [5.74, 6) is 1.69. The summed E-state index contributed by atoms with van der Waals surface area (Å²) in [7, 11) is 0. The van der Waals surface area contributed by atoms with Crippen LogP contribution in [0.3, 0.4) is 0 Å². The van der Waals surface area contributed by atoms with Crippen molar-refractivity contribution in [1.29, 1.82) is 0 Å². The van der Waals surface area contributed by atoms with E-state index in [1.54, 1.807) is 0 Å². The fraction of sp³-hybridized carbons (Fsp3) is 0.0492. The van der Waals surface area contributed by atoms with Gasteiger partial charge in [0, 0.05) is 50.7 Å². The summed E-state index contributed by atoms with van der Waals surface area (Å²) in [6.45, 7) is 4.74. The van der Waals surface area contributed by atoms with Crippen LogP contribution in [0, 0.1) is 0 Å². The van der Waals surface area contributed by atoms with Gasteiger partial charge in [-0.3, -0.25) is 9.80 Å². The van der Waals surface area contributed by atoms with Crippen molar-refractivity contribution < 1.29 is 0 Å². The average molecular weight is 831 g/mol. The lowest BCUT2D eigenvalue weighted by molar-refractivity contribution is 0.661. The lowest BCUT2D eigenvalue weighted by Crippen LogP contribution is -2.17. The van der Waals surface area contributed by atoms with Crippen molar-refractivity contribution in [2.75, 3.05) is 9.80 Å². The number of aromatic nitrogens is 2. The zero-order valence-electron chi connectivity index (χ0n) is 36.1. The Kier molecular flexibility index (Phi) is 8.22. The highest BCUT2D eigenvalue weighted by molar-refractivity contribution is 6.24. The molecule has 306 valence electrons. The zero-order valence-corrected chi connectivity index (χ0v) is 36.1. The summed E-state index contributed by atoms with van der Waals surface area (Å²) in [5, 5.41) is 14.1. The monoisotopic (exact) mass is 830 g/mol. The molecule has 2 aromatic heterocycles. The van der Waals surface area contributed by atoms with Crippen LogP contribution in [-0.2, 0) is 5.41 Å². The van der Waals surface area contributed by atoms with Crippen molar-refractivity contribution in [3.63, 3.8) is 0 Å². The van der Waals surface area contributed by atoms with Gasteiger partial charge in [0.15, 0.2) is 0 Å². The molecule has 0 atom stereocenters. The van der Waals surface area contributed by atoms with Crippen LogP contribution in [0.4, 0.5) is 34.4 Å². The summed E-state index contributed by atoms with van der Waals surface area (Å²) < 4.78 is 0. The first kappa shape index (κ1) is 37.2. The maximum atomic E-state index is 5.12. The van der Waals surface area contributed by atoms with Gasteiger partial charge in [-0.2, -0.15) is 0 Å². The molecule has 0 N–H and O–H groups in total. The smallest absolute Gasteiger partial charge is 0.137 e. The molecular weight excluding hydrogens is 789 g/mol. The molecule has 13 rings (SSSR count). The first-order chi connectivity index (χ1) is 32.0. The van der Waals surface area contributed by atoms with Gasteiger partial charge in [0.25, 0.3) is 0 Å². The fourth-order valence-electron chi connectivity index (χ4n) is 10.7. The van der Waals surface area contributed by atoms with Crippen molar-refractivity contribution in [1.82, 2.24) is 9.97 Å². The number of fused-ring (bicyclic) bond motifs is 9. The van der Waals surface area contributed by atoms with E-state index in [0.717, 1.165) is 55.9 Å². The second kappa shape index (κ2) is 14.3. The van der Waals surface area contributed by atoms with Crippen LogP contribution >= 0.6 is 0 Å². The Morgan fingerprint density at radius 3 is 1.26 bits per heavy atom. The van der Waals surface area contributed by atoms with Crippen LogP contribution in [0.15, 0.2) is 219 Å². The molecule has 0 unspecified atom stereocenters. The van der Waals surface area contributed by atoms with Crippen LogP contribution in [0.2, 0.25) is 0 Å². The summed E-state index contributed by atoms with van der Waals surface area (Å²) in [5.41, 5.74) is 9.19. The van der Waals surface area contributed by atoms with E-state index in [9.17, 15) is 0 Å². The molecule has 0 amide bonds. The molecule has 0 saturated carbocycles. The summed E-state index contributed by atoms with van der Waals surface area (Å²) in [4.78, 5) is 15.0. The third-order valence-electron chi connectivity index (χ3n) is 13.8. The maximum Gasteiger partial charge on any atom is 0.137 e. The first-order valence-electron chi connectivity index (χ1n) is 22.4. The fourth-order valence-corrected chi connectivity index (χ4v) is 10.7. The Labute approximate surface area is 377 Å². The third-order valence-corrected chi connectivity index (χ3v) is 13.8. The molecule has 4 nitrogen and oxygen atoms in total. The minimum Gasteiger partial charge on any atom is -0.294 e. The number of hydrogen-bond acceptors (Lipinski definition) is 4. The van der Waals surface area contributed by atoms with Crippen LogP contribution in [0.5, 0.6) is 0 Å². The van der Waals surface area contributed by atoms with Gasteiger partial charge in [-0.15, -0.1) is 0 Å². The topological polar surface area (TPSA) is 32.3 Å². The van der Waals surface area contributed by atoms with Gasteiger partial charge in [0.05, 0.1) is 11.4 Å². The highest BCUT2D eigenvalue weighted by atomic mass is 15.2. The van der Waals surface area contributed by atoms with Crippen molar-refractivity contribution >= 4 is 99.0 Å². The van der Waals surface area contributed by atoms with Crippen LogP contribution in [0.25, 0.3) is 75.8 Å². The Morgan fingerprint density at radius 2 is 0.754 bits per heavy atom. The van der Waals surface area contributed by atoms with Crippen LogP contribution in [0.1, 0.15) is 25.0 Å². The SMILES string of the molecule is CC1(C)c2ccccc2-c2cc3c(N(c4ccc5cc6ccccc6cc5c4)c4ccccn4)c4ccccc4c(N(c4ccc5cc6ccccc6cc5c4)c4ccccn4)c3cc21. The number of rotatable bonds is 6. The largest absolute Gasteiger partial charge is 0.294 e. The van der Waals surface area contributed by atoms with E-state index in [2.05, 4.69) is 218 Å². The molecule has 10 aromatic carbocycles. The second-order valence-corrected chi connectivity index (χ2v) is 17.9. The Morgan fingerprint density at radius 1 is 0.323 bits per heavy atom. The standard InChI is InChI=1S/C61H42N4/c1-61(2)55-22-10-9-19-49(55)52-37-53-54(38-56(52)61)60(65(58-24-12-14-30-63-58)48-28-26-44-32-40-16-4-6-18-42(40)34-46(44)36-48)51-21-8-7-20-50(51)59(53)64(57-23-11-13-29-62-57)47-27-25-43-31-39-15-3-5-17-41(39)33-45(43)35-47/h3-38H,1-2H3. The van der Waals surface area contributed by atoms with Crippen molar-refractivity contribution in [2.24, 2.45) is 0 Å². The maximum absolute atomic E-state index is 5.12. The molecular formula is C61H42N4. The van der Waals surface area contributed by atoms with Crippen molar-refractivity contribution in [3.05, 3.63) is 230 Å². The quantitative estimate of drug-likeness (QED) is 0.123. The predicted octanol–water partition coefficient (Wildman–Crippen LogP) is 16.6. The van der Waals surface area contributed by atoms with Gasteiger partial charge >= 0.3 is 0 Å². The molecule has 0 bridgehead atoms. The van der Waals surface area contributed by atoms with Gasteiger partial charge in [-0.25, -0.2) is 9.97 Å². The summed E-state index contributed by atoms with van der Waals surface area (Å²) >= 11 is 0. The molecule has 65 heavy (non-hydrogen) atoms. The highest BCUT2D eigenvalue weighted by Crippen LogP contribution is 2.56. The Bertz CT molecular complexity index is 3880. The van der Waals surface area contributed by atoms with Crippen LogP contribution in [-0.4, -0.2) is 9.97 Å². The molecule has 0 radical (unpaired) electrons. The van der Waals surface area contributed by atoms with E-state index < -0.39 is 0 Å². The normalized spacial score (nSPS) is 12.9. The average Bonchev–Trinajstić information content (AvgIpc) is 3.58. The van der Waals surface area contributed by atoms with Gasteiger partial charge in [0.1, 0.15) is 11.6 Å². The van der Waals surface area contributed by atoms with Crippen LogP contribution < -0.4 is 9.80 Å². The lowest BCUT2D eigenvalue weighted by Gasteiger charge is -2.33. The number of benzene rings is 10. The highest BCUT2D eigenvalue weighted by Gasteiger charge is 2.37. The zero-order chi connectivity index (χ0) is 43.2. The Balaban J connectivity index is 1.16. The number of nitrogens with zero attached hydrogens (tertiary/aromatic N) is 4. The molecule has 2 heterocycles. The van der Waals surface area contributed by atoms with E-state index in [4.69, 9.17) is 9.97 Å². The number of pyridine rings is 2. The first-order valence-corrected chi connectivity index (χ1v) is 22.4. The molecule has 0 spiro atoms. The summed E-state index contributed by atoms with van der Waals surface area (Å²) in [6.07, 6.45) is 3.80. The van der Waals surface area contributed by atoms with Gasteiger partial charge in [0.2, 0.25) is 0 Å².